The first kappa shape index (κ1) is 21.5. The maximum Gasteiger partial charge on any atom is 0.418 e. The van der Waals surface area contributed by atoms with Crippen LogP contribution in [0.4, 0.5) is 18.9 Å². The molecule has 1 N–H and O–H groups in total. The Labute approximate surface area is 176 Å². The van der Waals surface area contributed by atoms with Crippen LogP contribution in [0, 0.1) is 0 Å². The highest BCUT2D eigenvalue weighted by atomic mass is 35.5. The fourth-order valence-corrected chi connectivity index (χ4v) is 2.73. The minimum Gasteiger partial charge on any atom is -0.489 e. The van der Waals surface area contributed by atoms with Crippen molar-refractivity contribution in [3.05, 3.63) is 101 Å². The number of hydrogen-bond donors (Lipinski definition) is 1. The van der Waals surface area contributed by atoms with Crippen LogP contribution in [-0.2, 0) is 17.6 Å². The molecule has 0 saturated carbocycles. The van der Waals surface area contributed by atoms with Crippen LogP contribution in [0.5, 0.6) is 5.75 Å². The zero-order valence-corrected chi connectivity index (χ0v) is 16.4. The van der Waals surface area contributed by atoms with Crippen molar-refractivity contribution in [2.24, 2.45) is 0 Å². The largest absolute Gasteiger partial charge is 0.489 e. The SMILES string of the molecule is O=C(/C=C/c1ccc(OCc2ccc(Cl)cc2)cc1)Nc1ccccc1C(F)(F)F. The lowest BCUT2D eigenvalue weighted by Gasteiger charge is -2.12. The molecule has 0 aliphatic rings. The van der Waals surface area contributed by atoms with Gasteiger partial charge in [0.25, 0.3) is 0 Å². The first-order valence-electron chi connectivity index (χ1n) is 8.94. The zero-order chi connectivity index (χ0) is 21.6. The monoisotopic (exact) mass is 431 g/mol. The van der Waals surface area contributed by atoms with E-state index in [2.05, 4.69) is 5.32 Å². The summed E-state index contributed by atoms with van der Waals surface area (Å²) >= 11 is 5.85. The highest BCUT2D eigenvalue weighted by Crippen LogP contribution is 2.34. The molecule has 154 valence electrons. The van der Waals surface area contributed by atoms with Crippen molar-refractivity contribution in [3.63, 3.8) is 0 Å². The third kappa shape index (κ3) is 6.12. The van der Waals surface area contributed by atoms with Crippen molar-refractivity contribution in [2.45, 2.75) is 12.8 Å². The predicted octanol–water partition coefficient (Wildman–Crippen LogP) is 6.59. The average molecular weight is 432 g/mol. The van der Waals surface area contributed by atoms with Crippen LogP contribution < -0.4 is 10.1 Å². The highest BCUT2D eigenvalue weighted by molar-refractivity contribution is 6.30. The number of amides is 1. The number of alkyl halides is 3. The Balaban J connectivity index is 1.57. The van der Waals surface area contributed by atoms with E-state index in [4.69, 9.17) is 16.3 Å². The molecule has 0 unspecified atom stereocenters. The van der Waals surface area contributed by atoms with Crippen molar-refractivity contribution >= 4 is 29.3 Å². The molecule has 0 saturated heterocycles. The van der Waals surface area contributed by atoms with Crippen molar-refractivity contribution in [3.8, 4) is 5.75 Å². The average Bonchev–Trinajstić information content (AvgIpc) is 2.72. The fraction of sp³-hybridized carbons (Fsp3) is 0.0870. The summed E-state index contributed by atoms with van der Waals surface area (Å²) in [6, 6.07) is 19.1. The summed E-state index contributed by atoms with van der Waals surface area (Å²) in [5.74, 6) is -0.0135. The van der Waals surface area contributed by atoms with Gasteiger partial charge in [-0.3, -0.25) is 4.79 Å². The third-order valence-electron chi connectivity index (χ3n) is 4.12. The van der Waals surface area contributed by atoms with E-state index < -0.39 is 17.6 Å². The summed E-state index contributed by atoms with van der Waals surface area (Å²) in [5.41, 5.74) is 0.492. The summed E-state index contributed by atoms with van der Waals surface area (Å²) in [5, 5.41) is 2.91. The Bertz CT molecular complexity index is 1030. The van der Waals surface area contributed by atoms with Gasteiger partial charge in [-0.05, 0) is 53.6 Å². The number of rotatable bonds is 6. The molecular weight excluding hydrogens is 415 g/mol. The van der Waals surface area contributed by atoms with Crippen molar-refractivity contribution in [1.29, 1.82) is 0 Å². The third-order valence-corrected chi connectivity index (χ3v) is 4.37. The number of hydrogen-bond acceptors (Lipinski definition) is 2. The zero-order valence-electron chi connectivity index (χ0n) is 15.6. The van der Waals surface area contributed by atoms with Gasteiger partial charge in [-0.2, -0.15) is 13.2 Å². The topological polar surface area (TPSA) is 38.3 Å². The van der Waals surface area contributed by atoms with Crippen molar-refractivity contribution in [1.82, 2.24) is 0 Å². The maximum absolute atomic E-state index is 13.0. The number of carbonyl (C=O) groups excluding carboxylic acids is 1. The second-order valence-corrected chi connectivity index (χ2v) is 6.79. The van der Waals surface area contributed by atoms with Gasteiger partial charge in [0.15, 0.2) is 0 Å². The molecule has 0 radical (unpaired) electrons. The predicted molar refractivity (Wildman–Crippen MR) is 111 cm³/mol. The van der Waals surface area contributed by atoms with Gasteiger partial charge in [0.05, 0.1) is 11.3 Å². The Hall–Kier alpha value is -3.25. The lowest BCUT2D eigenvalue weighted by molar-refractivity contribution is -0.136. The molecule has 0 aliphatic carbocycles. The fourth-order valence-electron chi connectivity index (χ4n) is 2.61. The molecule has 1 amide bonds. The lowest BCUT2D eigenvalue weighted by atomic mass is 10.1. The van der Waals surface area contributed by atoms with E-state index >= 15 is 0 Å². The Morgan fingerprint density at radius 1 is 0.967 bits per heavy atom. The quantitative estimate of drug-likeness (QED) is 0.447. The number of benzene rings is 3. The summed E-state index contributed by atoms with van der Waals surface area (Å²) in [6.45, 7) is 0.382. The standard InChI is InChI=1S/C23H17ClF3NO2/c24-18-10-5-17(6-11-18)15-30-19-12-7-16(8-13-19)9-14-22(29)28-21-4-2-1-3-20(21)23(25,26)27/h1-14H,15H2,(H,28,29)/b14-9+. The summed E-state index contributed by atoms with van der Waals surface area (Å²) < 4.78 is 44.7. The van der Waals surface area contributed by atoms with Crippen LogP contribution in [0.3, 0.4) is 0 Å². The van der Waals surface area contributed by atoms with Gasteiger partial charge in [0.1, 0.15) is 12.4 Å². The summed E-state index contributed by atoms with van der Waals surface area (Å²) in [7, 11) is 0. The Morgan fingerprint density at radius 3 is 2.30 bits per heavy atom. The van der Waals surface area contributed by atoms with Crippen molar-refractivity contribution in [2.75, 3.05) is 5.32 Å². The van der Waals surface area contributed by atoms with Gasteiger partial charge < -0.3 is 10.1 Å². The maximum atomic E-state index is 13.0. The van der Waals surface area contributed by atoms with Gasteiger partial charge in [-0.25, -0.2) is 0 Å². The van der Waals surface area contributed by atoms with E-state index in [1.54, 1.807) is 36.4 Å². The molecule has 7 heteroatoms. The second kappa shape index (κ2) is 9.50. The molecule has 0 fully saturated rings. The van der Waals surface area contributed by atoms with Crippen LogP contribution in [0.1, 0.15) is 16.7 Å². The number of carbonyl (C=O) groups is 1. The van der Waals surface area contributed by atoms with E-state index in [0.717, 1.165) is 11.6 Å². The molecule has 0 bridgehead atoms. The first-order chi connectivity index (χ1) is 14.3. The van der Waals surface area contributed by atoms with E-state index in [1.807, 2.05) is 12.1 Å². The Morgan fingerprint density at radius 2 is 1.63 bits per heavy atom. The number of halogens is 4. The number of ether oxygens (including phenoxy) is 1. The van der Waals surface area contributed by atoms with Gasteiger partial charge in [0, 0.05) is 11.1 Å². The van der Waals surface area contributed by atoms with E-state index in [1.165, 1.54) is 30.4 Å². The molecule has 3 aromatic rings. The molecule has 3 aromatic carbocycles. The van der Waals surface area contributed by atoms with Gasteiger partial charge in [0.2, 0.25) is 5.91 Å². The normalized spacial score (nSPS) is 11.5. The number of para-hydroxylation sites is 1. The van der Waals surface area contributed by atoms with Gasteiger partial charge in [-0.15, -0.1) is 0 Å². The minimum absolute atomic E-state index is 0.286. The first-order valence-corrected chi connectivity index (χ1v) is 9.32. The molecule has 0 aliphatic heterocycles. The molecule has 0 spiro atoms. The molecule has 3 nitrogen and oxygen atoms in total. The van der Waals surface area contributed by atoms with E-state index in [0.29, 0.717) is 22.9 Å². The summed E-state index contributed by atoms with van der Waals surface area (Å²) in [6.07, 6.45) is -1.86. The lowest BCUT2D eigenvalue weighted by Crippen LogP contribution is -2.14. The second-order valence-electron chi connectivity index (χ2n) is 6.35. The van der Waals surface area contributed by atoms with E-state index in [-0.39, 0.29) is 5.69 Å². The minimum atomic E-state index is -4.55. The molecule has 0 atom stereocenters. The van der Waals surface area contributed by atoms with Crippen molar-refractivity contribution < 1.29 is 22.7 Å². The number of anilines is 1. The molecule has 0 aromatic heterocycles. The van der Waals surface area contributed by atoms with Crippen LogP contribution in [0.25, 0.3) is 6.08 Å². The van der Waals surface area contributed by atoms with Crippen LogP contribution in [-0.4, -0.2) is 5.91 Å². The highest BCUT2D eigenvalue weighted by Gasteiger charge is 2.33. The van der Waals surface area contributed by atoms with Crippen LogP contribution in [0.2, 0.25) is 5.02 Å². The molecule has 3 rings (SSSR count). The van der Waals surface area contributed by atoms with Gasteiger partial charge >= 0.3 is 6.18 Å². The van der Waals surface area contributed by atoms with E-state index in [9.17, 15) is 18.0 Å². The Kier molecular flexibility index (Phi) is 6.79. The summed E-state index contributed by atoms with van der Waals surface area (Å²) in [4.78, 5) is 12.0. The van der Waals surface area contributed by atoms with Crippen LogP contribution in [0.15, 0.2) is 78.9 Å². The van der Waals surface area contributed by atoms with Gasteiger partial charge in [-0.1, -0.05) is 48.0 Å². The molecule has 0 heterocycles. The van der Waals surface area contributed by atoms with Crippen LogP contribution >= 0.6 is 11.6 Å². The molecule has 30 heavy (non-hydrogen) atoms. The smallest absolute Gasteiger partial charge is 0.418 e. The molecular formula is C23H17ClF3NO2. The number of nitrogens with one attached hydrogen (secondary N) is 1.